The first-order valence-electron chi connectivity index (χ1n) is 8.74. The van der Waals surface area contributed by atoms with Gasteiger partial charge >= 0.3 is 6.03 Å². The topological polar surface area (TPSA) is 67.4 Å². The van der Waals surface area contributed by atoms with Crippen molar-refractivity contribution in [2.75, 3.05) is 18.9 Å². The summed E-state index contributed by atoms with van der Waals surface area (Å²) in [6, 6.07) is -0.0683. The second-order valence-electron chi connectivity index (χ2n) is 6.28. The molecular formula is C16H30N2O3S. The molecule has 1 heterocycles. The molecular weight excluding hydrogens is 300 g/mol. The average Bonchev–Trinajstić information content (AvgIpc) is 2.55. The van der Waals surface area contributed by atoms with Crippen LogP contribution in [0.15, 0.2) is 0 Å². The predicted octanol–water partition coefficient (Wildman–Crippen LogP) is 2.32. The predicted molar refractivity (Wildman–Crippen MR) is 89.5 cm³/mol. The first-order valence-corrected chi connectivity index (χ1v) is 10.1. The van der Waals surface area contributed by atoms with E-state index in [-0.39, 0.29) is 17.3 Å². The molecule has 0 spiro atoms. The Morgan fingerprint density at radius 2 is 1.95 bits per heavy atom. The summed E-state index contributed by atoms with van der Waals surface area (Å²) in [5.74, 6) is 0.670. The minimum atomic E-state index is -0.832. The Morgan fingerprint density at radius 3 is 2.68 bits per heavy atom. The van der Waals surface area contributed by atoms with Gasteiger partial charge in [0.05, 0.1) is 11.4 Å². The lowest BCUT2D eigenvalue weighted by Crippen LogP contribution is -2.50. The van der Waals surface area contributed by atoms with Gasteiger partial charge in [0.15, 0.2) is 0 Å². The van der Waals surface area contributed by atoms with Gasteiger partial charge in [0.2, 0.25) is 0 Å². The van der Waals surface area contributed by atoms with Gasteiger partial charge in [-0.25, -0.2) is 4.79 Å². The van der Waals surface area contributed by atoms with Crippen LogP contribution in [0.3, 0.4) is 0 Å². The standard InChI is InChI=1S/C16H30N2O3S/c1-2-22(20)15-9-4-3-8-14(15)18-16(19)17-11-10-13-7-5-6-12-21-13/h13-15H,2-12H2,1H3,(H2,17,18,19)/t13-,14-,15-,22+/m1/s1. The third kappa shape index (κ3) is 5.54. The summed E-state index contributed by atoms with van der Waals surface area (Å²) in [6.07, 6.45) is 8.78. The van der Waals surface area contributed by atoms with Crippen LogP contribution in [0.2, 0.25) is 0 Å². The first kappa shape index (κ1) is 17.7. The lowest BCUT2D eigenvalue weighted by Gasteiger charge is -2.31. The van der Waals surface area contributed by atoms with Gasteiger partial charge in [0.1, 0.15) is 0 Å². The smallest absolute Gasteiger partial charge is 0.315 e. The van der Waals surface area contributed by atoms with Crippen molar-refractivity contribution in [3.63, 3.8) is 0 Å². The summed E-state index contributed by atoms with van der Waals surface area (Å²) in [7, 11) is -0.832. The lowest BCUT2D eigenvalue weighted by molar-refractivity contribution is 0.0120. The summed E-state index contributed by atoms with van der Waals surface area (Å²) in [5, 5.41) is 6.08. The van der Waals surface area contributed by atoms with Crippen molar-refractivity contribution in [2.45, 2.75) is 75.7 Å². The molecule has 1 aliphatic carbocycles. The van der Waals surface area contributed by atoms with Crippen LogP contribution in [0.4, 0.5) is 4.79 Å². The molecule has 0 unspecified atom stereocenters. The van der Waals surface area contributed by atoms with Gasteiger partial charge in [-0.2, -0.15) is 0 Å². The van der Waals surface area contributed by atoms with Crippen LogP contribution >= 0.6 is 0 Å². The molecule has 0 radical (unpaired) electrons. The number of amides is 2. The lowest BCUT2D eigenvalue weighted by atomic mass is 9.95. The number of nitrogens with one attached hydrogen (secondary N) is 2. The maximum atomic E-state index is 12.1. The zero-order valence-electron chi connectivity index (χ0n) is 13.6. The van der Waals surface area contributed by atoms with Crippen LogP contribution in [-0.2, 0) is 15.5 Å². The average molecular weight is 330 g/mol. The SMILES string of the molecule is CC[S@](=O)[C@@H]1CCCC[C@H]1NC(=O)NCC[C@H]1CCCCO1. The summed E-state index contributed by atoms with van der Waals surface area (Å²) in [6.45, 7) is 3.44. The first-order chi connectivity index (χ1) is 10.7. The third-order valence-corrected chi connectivity index (χ3v) is 6.48. The number of ether oxygens (including phenoxy) is 1. The van der Waals surface area contributed by atoms with E-state index >= 15 is 0 Å². The quantitative estimate of drug-likeness (QED) is 0.785. The van der Waals surface area contributed by atoms with Crippen molar-refractivity contribution < 1.29 is 13.7 Å². The van der Waals surface area contributed by atoms with Crippen molar-refractivity contribution in [2.24, 2.45) is 0 Å². The van der Waals surface area contributed by atoms with Crippen molar-refractivity contribution >= 4 is 16.8 Å². The van der Waals surface area contributed by atoms with E-state index in [0.717, 1.165) is 51.6 Å². The van der Waals surface area contributed by atoms with E-state index in [4.69, 9.17) is 4.74 Å². The molecule has 6 heteroatoms. The summed E-state index contributed by atoms with van der Waals surface area (Å²) in [5.41, 5.74) is 0. The highest BCUT2D eigenvalue weighted by Gasteiger charge is 2.30. The molecule has 1 saturated heterocycles. The number of hydrogen-bond donors (Lipinski definition) is 2. The van der Waals surface area contributed by atoms with Crippen molar-refractivity contribution in [3.8, 4) is 0 Å². The summed E-state index contributed by atoms with van der Waals surface area (Å²) in [4.78, 5) is 12.0. The Kier molecular flexibility index (Phi) is 7.66. The molecule has 2 amide bonds. The fraction of sp³-hybridized carbons (Fsp3) is 0.938. The van der Waals surface area contributed by atoms with Gasteiger partial charge in [-0.15, -0.1) is 0 Å². The van der Waals surface area contributed by atoms with Crippen molar-refractivity contribution in [1.82, 2.24) is 10.6 Å². The van der Waals surface area contributed by atoms with Crippen molar-refractivity contribution in [1.29, 1.82) is 0 Å². The molecule has 22 heavy (non-hydrogen) atoms. The highest BCUT2D eigenvalue weighted by atomic mass is 32.2. The van der Waals surface area contributed by atoms with Gasteiger partial charge in [0.25, 0.3) is 0 Å². The van der Waals surface area contributed by atoms with Crippen LogP contribution in [0, 0.1) is 0 Å². The zero-order valence-corrected chi connectivity index (χ0v) is 14.5. The molecule has 2 N–H and O–H groups in total. The van der Waals surface area contributed by atoms with Crippen LogP contribution in [0.5, 0.6) is 0 Å². The fourth-order valence-corrected chi connectivity index (χ4v) is 4.82. The second kappa shape index (κ2) is 9.50. The van der Waals surface area contributed by atoms with Crippen LogP contribution in [-0.4, -0.2) is 46.5 Å². The highest BCUT2D eigenvalue weighted by Crippen LogP contribution is 2.23. The van der Waals surface area contributed by atoms with Gasteiger partial charge in [-0.1, -0.05) is 19.8 Å². The maximum Gasteiger partial charge on any atom is 0.315 e. The molecule has 128 valence electrons. The Labute approximate surface area is 136 Å². The molecule has 2 rings (SSSR count). The minimum absolute atomic E-state index is 0.0560. The molecule has 2 fully saturated rings. The third-order valence-electron chi connectivity index (χ3n) is 4.67. The van der Waals surface area contributed by atoms with E-state index in [1.807, 2.05) is 6.92 Å². The van der Waals surface area contributed by atoms with E-state index in [9.17, 15) is 9.00 Å². The molecule has 0 aromatic rings. The molecule has 0 bridgehead atoms. The number of hydrogen-bond acceptors (Lipinski definition) is 3. The number of rotatable bonds is 6. The fourth-order valence-electron chi connectivity index (χ4n) is 3.39. The van der Waals surface area contributed by atoms with E-state index in [1.165, 1.54) is 6.42 Å². The maximum absolute atomic E-state index is 12.1. The molecule has 0 aromatic carbocycles. The Bertz CT molecular complexity index is 372. The van der Waals surface area contributed by atoms with Gasteiger partial charge in [-0.3, -0.25) is 4.21 Å². The summed E-state index contributed by atoms with van der Waals surface area (Å²) < 4.78 is 17.8. The van der Waals surface area contributed by atoms with Crippen LogP contribution < -0.4 is 10.6 Å². The zero-order chi connectivity index (χ0) is 15.8. The monoisotopic (exact) mass is 330 g/mol. The molecule has 5 nitrogen and oxygen atoms in total. The van der Waals surface area contributed by atoms with Gasteiger partial charge in [0, 0.05) is 35.7 Å². The Morgan fingerprint density at radius 1 is 1.18 bits per heavy atom. The normalized spacial score (nSPS) is 30.5. The van der Waals surface area contributed by atoms with Crippen molar-refractivity contribution in [3.05, 3.63) is 0 Å². The van der Waals surface area contributed by atoms with Crippen LogP contribution in [0.1, 0.15) is 58.3 Å². The molecule has 1 saturated carbocycles. The van der Waals surface area contributed by atoms with Crippen LogP contribution in [0.25, 0.3) is 0 Å². The Hall–Kier alpha value is -0.620. The van der Waals surface area contributed by atoms with E-state index in [0.29, 0.717) is 18.4 Å². The molecule has 2 aliphatic rings. The highest BCUT2D eigenvalue weighted by molar-refractivity contribution is 7.85. The minimum Gasteiger partial charge on any atom is -0.378 e. The van der Waals surface area contributed by atoms with E-state index in [1.54, 1.807) is 0 Å². The molecule has 4 atom stereocenters. The van der Waals surface area contributed by atoms with Gasteiger partial charge < -0.3 is 15.4 Å². The van der Waals surface area contributed by atoms with E-state index in [2.05, 4.69) is 10.6 Å². The van der Waals surface area contributed by atoms with Gasteiger partial charge in [-0.05, 0) is 38.5 Å². The second-order valence-corrected chi connectivity index (χ2v) is 8.22. The molecule has 0 aromatic heterocycles. The number of carbonyl (C=O) groups is 1. The Balaban J connectivity index is 1.69. The molecule has 1 aliphatic heterocycles. The summed E-state index contributed by atoms with van der Waals surface area (Å²) >= 11 is 0. The largest absolute Gasteiger partial charge is 0.378 e. The number of carbonyl (C=O) groups excluding carboxylic acids is 1. The van der Waals surface area contributed by atoms with E-state index < -0.39 is 10.8 Å². The number of urea groups is 1.